The molecule has 32 bridgehead atoms. The quantitative estimate of drug-likeness (QED) is 0.251. The van der Waals surface area contributed by atoms with Crippen LogP contribution in [0.25, 0.3) is 0 Å². The van der Waals surface area contributed by atoms with Crippen molar-refractivity contribution < 1.29 is 38.4 Å². The van der Waals surface area contributed by atoms with Crippen LogP contribution in [0.15, 0.2) is 0 Å². The molecule has 16 saturated carbocycles. The standard InChI is InChI=1S/C72H96N16O8/c89-65-73-25-75-51-35-3-4-36(18-35)52(51)77(66(75)90)27-79-55-39-7-8-40(20-39)56(55)81(68(79)92)29-83-59-43-11-12-44(22-43)60(59)85(70(83)94)31-87-63-47-15-16-48(24-47)64(63)88(72(87)96)32-86-62-46-14-13-45(23-46)61(62)84(71(86)95)30-82-58-42-10-9-41(21-42)57(58)80(69(82)93)28-78-54-38-6-5-37(19-38)53(54)76(67(78)91)26-74(65)50-34-2-1-33(17-34)49(50)73/h33-64H,1-32H2. The van der Waals surface area contributed by atoms with Crippen molar-refractivity contribution in [3.8, 4) is 0 Å². The molecule has 0 N–H and O–H groups in total. The van der Waals surface area contributed by atoms with Gasteiger partial charge < -0.3 is 78.4 Å². The first-order chi connectivity index (χ1) is 46.9. The van der Waals surface area contributed by atoms with Crippen LogP contribution in [-0.2, 0) is 0 Å². The zero-order valence-electron chi connectivity index (χ0n) is 55.5. The molecule has 25 rings (SSSR count). The second-order valence-corrected chi connectivity index (χ2v) is 37.4. The number of amides is 16. The van der Waals surface area contributed by atoms with E-state index in [0.717, 1.165) is 154 Å². The largest absolute Gasteiger partial charge is 0.323 e. The van der Waals surface area contributed by atoms with Gasteiger partial charge in [-0.2, -0.15) is 0 Å². The fourth-order valence-corrected chi connectivity index (χ4v) is 32.0. The van der Waals surface area contributed by atoms with Gasteiger partial charge >= 0.3 is 48.2 Å². The lowest BCUT2D eigenvalue weighted by molar-refractivity contribution is 0.100. The molecular formula is C72H96N16O8. The second-order valence-electron chi connectivity index (χ2n) is 37.4. The first-order valence-electron chi connectivity index (χ1n) is 39.5. The molecule has 24 heteroatoms. The molecule has 16 amide bonds. The predicted octanol–water partition coefficient (Wildman–Crippen LogP) is 6.90. The van der Waals surface area contributed by atoms with E-state index in [9.17, 15) is 0 Å². The van der Waals surface area contributed by atoms with Crippen LogP contribution in [0.2, 0.25) is 0 Å². The fourth-order valence-electron chi connectivity index (χ4n) is 32.0. The van der Waals surface area contributed by atoms with Gasteiger partial charge in [0.2, 0.25) is 0 Å². The molecule has 25 aliphatic rings. The summed E-state index contributed by atoms with van der Waals surface area (Å²) in [5.74, 6) is 5.25. The summed E-state index contributed by atoms with van der Waals surface area (Å²) in [6, 6.07) is -1.23. The van der Waals surface area contributed by atoms with Crippen molar-refractivity contribution in [3.05, 3.63) is 0 Å². The minimum absolute atomic E-state index is 0.0483. The summed E-state index contributed by atoms with van der Waals surface area (Å²) in [6.07, 6.45) is 25.3. The molecular weight excluding hydrogens is 1220 g/mol. The van der Waals surface area contributed by atoms with Crippen molar-refractivity contribution >= 4 is 48.2 Å². The minimum Gasteiger partial charge on any atom is -0.301 e. The van der Waals surface area contributed by atoms with Gasteiger partial charge in [0.1, 0.15) is 0 Å². The monoisotopic (exact) mass is 1310 g/mol. The molecule has 25 fully saturated rings. The molecule has 0 spiro atoms. The van der Waals surface area contributed by atoms with E-state index < -0.39 is 0 Å². The van der Waals surface area contributed by atoms with E-state index >= 15 is 38.4 Å². The smallest absolute Gasteiger partial charge is 0.301 e. The maximum atomic E-state index is 15.9. The second kappa shape index (κ2) is 18.4. The van der Waals surface area contributed by atoms with Gasteiger partial charge in [-0.1, -0.05) is 0 Å². The molecule has 9 aliphatic heterocycles. The average molecular weight is 1310 g/mol. The molecule has 96 heavy (non-hydrogen) atoms. The Morgan fingerprint density at radius 2 is 0.208 bits per heavy atom. The molecule has 512 valence electrons. The van der Waals surface area contributed by atoms with E-state index in [2.05, 4.69) is 78.4 Å². The van der Waals surface area contributed by atoms with Gasteiger partial charge in [0, 0.05) is 0 Å². The Hall–Kier alpha value is -5.84. The van der Waals surface area contributed by atoms with Crippen LogP contribution in [0, 0.1) is 94.7 Å². The molecule has 32 unspecified atom stereocenters. The summed E-state index contributed by atoms with van der Waals surface area (Å²) in [7, 11) is 0. The Morgan fingerprint density at radius 1 is 0.135 bits per heavy atom. The number of carbonyl (C=O) groups is 8. The molecule has 9 saturated heterocycles. The molecule has 0 aromatic carbocycles. The maximum Gasteiger partial charge on any atom is 0.323 e. The SMILES string of the molecule is O=C1N2CN3C(=O)N(CN4C(=O)N(CN5C(=O)N(CN6C(=O)N(CN7C(=O)N(CN8C(=O)N(CN9C(=O)N(CN1C1C%10CCC(C%10)C12)C1C2CCC(C2)C19)C1C2CCC(C2)C18)C1C2CCC(C2)C17)C1C2CCC(C2)C16)C1C2CCC(C2)C15)C1C2CCC(C2)C14)C1C2CCC(C2)C13. The Bertz CT molecular complexity index is 2700. The van der Waals surface area contributed by atoms with Crippen molar-refractivity contribution in [2.75, 3.05) is 53.3 Å². The summed E-state index contributed by atoms with van der Waals surface area (Å²) in [6.45, 7) is 1.75. The van der Waals surface area contributed by atoms with Gasteiger partial charge in [-0.15, -0.1) is 0 Å². The van der Waals surface area contributed by atoms with Gasteiger partial charge in [0.25, 0.3) is 0 Å². The first kappa shape index (κ1) is 55.0. The number of rotatable bonds is 0. The van der Waals surface area contributed by atoms with Crippen LogP contribution in [0.5, 0.6) is 0 Å². The molecule has 24 nitrogen and oxygen atoms in total. The molecule has 16 aliphatic carbocycles. The third-order valence-electron chi connectivity index (χ3n) is 34.8. The molecule has 9 heterocycles. The van der Waals surface area contributed by atoms with Crippen molar-refractivity contribution in [1.82, 2.24) is 78.4 Å². The van der Waals surface area contributed by atoms with Crippen LogP contribution in [0.1, 0.15) is 154 Å². The fraction of sp³-hybridized carbons (Fsp3) is 0.889. The van der Waals surface area contributed by atoms with Crippen LogP contribution in [0.3, 0.4) is 0 Å². The van der Waals surface area contributed by atoms with E-state index in [4.69, 9.17) is 0 Å². The lowest BCUT2D eigenvalue weighted by Crippen LogP contribution is -2.52. The van der Waals surface area contributed by atoms with E-state index in [1.54, 1.807) is 0 Å². The molecule has 0 aromatic rings. The number of carbonyl (C=O) groups excluding carboxylic acids is 8. The highest BCUT2D eigenvalue weighted by Crippen LogP contribution is 2.63. The summed E-state index contributed by atoms with van der Waals surface area (Å²) in [5.41, 5.74) is 0. The third kappa shape index (κ3) is 6.45. The Labute approximate surface area is 561 Å². The number of hydrogen-bond donors (Lipinski definition) is 0. The van der Waals surface area contributed by atoms with Gasteiger partial charge in [-0.25, -0.2) is 38.4 Å². The van der Waals surface area contributed by atoms with E-state index in [0.29, 0.717) is 94.7 Å². The van der Waals surface area contributed by atoms with Crippen molar-refractivity contribution in [1.29, 1.82) is 0 Å². The topological polar surface area (TPSA) is 188 Å². The highest BCUT2D eigenvalue weighted by Gasteiger charge is 2.72. The minimum atomic E-state index is -0.0565. The van der Waals surface area contributed by atoms with E-state index in [1.165, 1.54) is 0 Å². The normalized spacial score (nSPS) is 53.2. The third-order valence-corrected chi connectivity index (χ3v) is 34.8. The van der Waals surface area contributed by atoms with E-state index in [-0.39, 0.29) is 198 Å². The van der Waals surface area contributed by atoms with Gasteiger partial charge in [0.05, 0.1) is 150 Å². The van der Waals surface area contributed by atoms with E-state index in [1.807, 2.05) is 0 Å². The van der Waals surface area contributed by atoms with Crippen LogP contribution >= 0.6 is 0 Å². The lowest BCUT2D eigenvalue weighted by Gasteiger charge is -2.37. The first-order valence-corrected chi connectivity index (χ1v) is 39.5. The highest BCUT2D eigenvalue weighted by molar-refractivity contribution is 5.87. The molecule has 0 radical (unpaired) electrons. The summed E-state index contributed by atoms with van der Waals surface area (Å²) in [5, 5.41) is 0. The number of fused-ring (bicyclic) bond motifs is 72. The Kier molecular flexibility index (Phi) is 10.5. The van der Waals surface area contributed by atoms with Crippen LogP contribution in [0.4, 0.5) is 38.4 Å². The van der Waals surface area contributed by atoms with Crippen molar-refractivity contribution in [2.24, 2.45) is 94.7 Å². The number of urea groups is 8. The highest BCUT2D eigenvalue weighted by atomic mass is 16.2. The van der Waals surface area contributed by atoms with Gasteiger partial charge in [-0.3, -0.25) is 0 Å². The average Bonchev–Trinajstić information content (AvgIpc) is 2.79. The number of hydrogen-bond acceptors (Lipinski definition) is 8. The zero-order chi connectivity index (χ0) is 63.0. The zero-order valence-corrected chi connectivity index (χ0v) is 55.5. The number of nitrogens with zero attached hydrogens (tertiary/aromatic N) is 16. The maximum absolute atomic E-state index is 15.9. The van der Waals surface area contributed by atoms with Gasteiger partial charge in [-0.05, 0) is 249 Å². The molecule has 32 atom stereocenters. The Morgan fingerprint density at radius 3 is 0.281 bits per heavy atom. The van der Waals surface area contributed by atoms with Crippen LogP contribution < -0.4 is 0 Å². The molecule has 0 aromatic heterocycles. The predicted molar refractivity (Wildman–Crippen MR) is 339 cm³/mol. The summed E-state index contributed by atoms with van der Waals surface area (Å²) >= 11 is 0. The Balaban J connectivity index is 0.594. The van der Waals surface area contributed by atoms with Gasteiger partial charge in [0.15, 0.2) is 0 Å². The summed E-state index contributed by atoms with van der Waals surface area (Å²) in [4.78, 5) is 161. The lowest BCUT2D eigenvalue weighted by atomic mass is 9.89. The van der Waals surface area contributed by atoms with Crippen LogP contribution in [-0.4, -0.2) is 277 Å². The van der Waals surface area contributed by atoms with Crippen molar-refractivity contribution in [3.63, 3.8) is 0 Å². The van der Waals surface area contributed by atoms with Crippen molar-refractivity contribution in [2.45, 2.75) is 251 Å². The summed E-state index contributed by atoms with van der Waals surface area (Å²) < 4.78 is 0.